The van der Waals surface area contributed by atoms with Gasteiger partial charge in [0.15, 0.2) is 0 Å². The quantitative estimate of drug-likeness (QED) is 0.398. The van der Waals surface area contributed by atoms with Crippen molar-refractivity contribution in [3.8, 4) is 0 Å². The Labute approximate surface area is 82.3 Å². The van der Waals surface area contributed by atoms with Gasteiger partial charge in [0.1, 0.15) is 6.61 Å². The second kappa shape index (κ2) is 5.43. The fraction of sp³-hybridized carbons (Fsp3) is 0.750. The number of nitrogens with two attached hydrogens (primary N) is 1. The summed E-state index contributed by atoms with van der Waals surface area (Å²) < 4.78 is 0. The Morgan fingerprint density at radius 1 is 1.57 bits per heavy atom. The second-order valence-corrected chi connectivity index (χ2v) is 3.16. The van der Waals surface area contributed by atoms with Crippen LogP contribution in [0.1, 0.15) is 25.7 Å². The lowest BCUT2D eigenvalue weighted by Gasteiger charge is -2.10. The first-order valence-corrected chi connectivity index (χ1v) is 4.63. The molecule has 0 unspecified atom stereocenters. The number of carbonyl (C=O) groups excluding carboxylic acids is 1. The Morgan fingerprint density at radius 3 is 2.79 bits per heavy atom. The smallest absolute Gasteiger partial charge is 0.338 e. The number of primary amides is 1. The van der Waals surface area contributed by atoms with Gasteiger partial charge in [-0.1, -0.05) is 5.16 Å². The van der Waals surface area contributed by atoms with Crippen LogP contribution in [0.15, 0.2) is 5.16 Å². The molecule has 0 atom stereocenters. The molecule has 14 heavy (non-hydrogen) atoms. The van der Waals surface area contributed by atoms with E-state index in [-0.39, 0.29) is 13.2 Å². The van der Waals surface area contributed by atoms with Crippen LogP contribution in [0.25, 0.3) is 0 Å². The van der Waals surface area contributed by atoms with Gasteiger partial charge in [0.05, 0.1) is 12.3 Å². The summed E-state index contributed by atoms with van der Waals surface area (Å²) in [6.45, 7) is 0.190. The van der Waals surface area contributed by atoms with E-state index < -0.39 is 6.03 Å². The van der Waals surface area contributed by atoms with Crippen LogP contribution in [0.3, 0.4) is 0 Å². The molecule has 80 valence electrons. The molecule has 6 nitrogen and oxygen atoms in total. The molecule has 1 aliphatic carbocycles. The molecule has 0 heterocycles. The summed E-state index contributed by atoms with van der Waals surface area (Å²) in [5.41, 5.74) is 5.84. The molecule has 2 amide bonds. The van der Waals surface area contributed by atoms with Crippen molar-refractivity contribution in [2.75, 3.05) is 13.2 Å². The van der Waals surface area contributed by atoms with Crippen molar-refractivity contribution in [2.24, 2.45) is 10.9 Å². The third-order valence-corrected chi connectivity index (χ3v) is 2.02. The van der Waals surface area contributed by atoms with E-state index >= 15 is 0 Å². The minimum atomic E-state index is -0.887. The lowest BCUT2D eigenvalue weighted by atomic mass is 10.3. The van der Waals surface area contributed by atoms with Crippen LogP contribution >= 0.6 is 0 Å². The fourth-order valence-corrected chi connectivity index (χ4v) is 1.25. The summed E-state index contributed by atoms with van der Waals surface area (Å²) >= 11 is 0. The summed E-state index contributed by atoms with van der Waals surface area (Å²) in [7, 11) is 0. The third-order valence-electron chi connectivity index (χ3n) is 2.02. The van der Waals surface area contributed by atoms with Crippen molar-refractivity contribution in [3.63, 3.8) is 0 Å². The second-order valence-electron chi connectivity index (χ2n) is 3.16. The predicted octanol–water partition coefficient (Wildman–Crippen LogP) is 0.703. The van der Waals surface area contributed by atoms with Crippen LogP contribution in [-0.4, -0.2) is 35.2 Å². The average Bonchev–Trinajstić information content (AvgIpc) is 2.64. The Balaban J connectivity index is 2.09. The van der Waals surface area contributed by atoms with Crippen LogP contribution in [0.4, 0.5) is 4.79 Å². The van der Waals surface area contributed by atoms with E-state index in [1.807, 2.05) is 0 Å². The van der Waals surface area contributed by atoms with Crippen LogP contribution < -0.4 is 5.73 Å². The molecular formula is C8H15N3O3. The summed E-state index contributed by atoms with van der Waals surface area (Å²) in [5, 5.41) is 13.1. The highest BCUT2D eigenvalue weighted by Crippen LogP contribution is 2.14. The van der Waals surface area contributed by atoms with Crippen LogP contribution in [0.5, 0.6) is 0 Å². The number of hydroxylamine groups is 2. The van der Waals surface area contributed by atoms with E-state index in [2.05, 4.69) is 5.16 Å². The Morgan fingerprint density at radius 2 is 2.21 bits per heavy atom. The van der Waals surface area contributed by atoms with Crippen molar-refractivity contribution in [2.45, 2.75) is 25.7 Å². The molecule has 1 saturated carbocycles. The summed E-state index contributed by atoms with van der Waals surface area (Å²) in [6.07, 6.45) is 4.29. The van der Waals surface area contributed by atoms with E-state index in [1.54, 1.807) is 0 Å². The molecule has 1 fully saturated rings. The molecule has 0 saturated heterocycles. The minimum Gasteiger partial charge on any atom is -0.394 e. The molecule has 0 radical (unpaired) electrons. The summed E-state index contributed by atoms with van der Waals surface area (Å²) in [5.74, 6) is 0. The van der Waals surface area contributed by atoms with Gasteiger partial charge in [-0.05, 0) is 25.7 Å². The van der Waals surface area contributed by atoms with Gasteiger partial charge in [-0.25, -0.2) is 9.86 Å². The molecule has 0 aromatic rings. The number of nitrogens with zero attached hydrogens (tertiary/aromatic N) is 2. The monoisotopic (exact) mass is 201 g/mol. The third kappa shape index (κ3) is 3.61. The number of amides is 2. The molecule has 1 aliphatic rings. The first-order valence-electron chi connectivity index (χ1n) is 4.63. The lowest BCUT2D eigenvalue weighted by Crippen LogP contribution is -2.34. The van der Waals surface area contributed by atoms with Crippen LogP contribution in [0, 0.1) is 0 Å². The summed E-state index contributed by atoms with van der Waals surface area (Å²) in [6, 6.07) is -0.887. The number of hydrogen-bond donors (Lipinski definition) is 2. The number of urea groups is 1. The standard InChI is InChI=1S/C8H15N3O3/c9-8(12)11(13)5-6-14-10-7-3-1-2-4-7/h13H,1-6H2,(H2,9,12). The van der Waals surface area contributed by atoms with E-state index in [1.165, 1.54) is 0 Å². The van der Waals surface area contributed by atoms with Gasteiger partial charge in [0.2, 0.25) is 0 Å². The van der Waals surface area contributed by atoms with Gasteiger partial charge < -0.3 is 10.6 Å². The van der Waals surface area contributed by atoms with E-state index in [9.17, 15) is 4.79 Å². The van der Waals surface area contributed by atoms with Crippen molar-refractivity contribution in [1.82, 2.24) is 5.06 Å². The average molecular weight is 201 g/mol. The zero-order valence-electron chi connectivity index (χ0n) is 7.98. The van der Waals surface area contributed by atoms with E-state index in [4.69, 9.17) is 15.8 Å². The molecule has 0 aromatic heterocycles. The molecule has 0 spiro atoms. The number of hydrogen-bond acceptors (Lipinski definition) is 4. The normalized spacial score (nSPS) is 15.4. The highest BCUT2D eigenvalue weighted by Gasteiger charge is 2.09. The zero-order valence-corrected chi connectivity index (χ0v) is 7.98. The number of carbonyl (C=O) groups is 1. The molecule has 0 bridgehead atoms. The predicted molar refractivity (Wildman–Crippen MR) is 49.9 cm³/mol. The maximum Gasteiger partial charge on any atom is 0.338 e. The van der Waals surface area contributed by atoms with Crippen molar-refractivity contribution in [3.05, 3.63) is 0 Å². The first-order chi connectivity index (χ1) is 6.70. The fourth-order valence-electron chi connectivity index (χ4n) is 1.25. The maximum absolute atomic E-state index is 10.4. The van der Waals surface area contributed by atoms with Gasteiger partial charge >= 0.3 is 6.03 Å². The molecule has 0 aliphatic heterocycles. The minimum absolute atomic E-state index is 0.0338. The van der Waals surface area contributed by atoms with Gasteiger partial charge in [0, 0.05) is 0 Å². The van der Waals surface area contributed by atoms with Gasteiger partial charge in [-0.15, -0.1) is 0 Å². The van der Waals surface area contributed by atoms with Gasteiger partial charge in [-0.3, -0.25) is 5.21 Å². The molecule has 3 N–H and O–H groups in total. The largest absolute Gasteiger partial charge is 0.394 e. The highest BCUT2D eigenvalue weighted by atomic mass is 16.6. The lowest BCUT2D eigenvalue weighted by molar-refractivity contribution is -0.0561. The molecule has 1 rings (SSSR count). The Kier molecular flexibility index (Phi) is 4.18. The van der Waals surface area contributed by atoms with Crippen LogP contribution in [0.2, 0.25) is 0 Å². The number of oxime groups is 1. The SMILES string of the molecule is NC(=O)N(O)CCON=C1CCCC1. The number of rotatable bonds is 4. The van der Waals surface area contributed by atoms with Gasteiger partial charge in [-0.2, -0.15) is 0 Å². The van der Waals surface area contributed by atoms with Crippen LogP contribution in [-0.2, 0) is 4.84 Å². The van der Waals surface area contributed by atoms with Crippen molar-refractivity contribution in [1.29, 1.82) is 0 Å². The van der Waals surface area contributed by atoms with E-state index in [0.717, 1.165) is 31.4 Å². The molecule has 0 aromatic carbocycles. The van der Waals surface area contributed by atoms with Gasteiger partial charge in [0.25, 0.3) is 0 Å². The van der Waals surface area contributed by atoms with Crippen molar-refractivity contribution >= 4 is 11.7 Å². The molecular weight excluding hydrogens is 186 g/mol. The maximum atomic E-state index is 10.4. The topological polar surface area (TPSA) is 88.2 Å². The van der Waals surface area contributed by atoms with E-state index in [0.29, 0.717) is 5.06 Å². The molecule has 6 heteroatoms. The Bertz CT molecular complexity index is 222. The zero-order chi connectivity index (χ0) is 10.4. The first kappa shape index (κ1) is 10.8. The Hall–Kier alpha value is -1.30. The summed E-state index contributed by atoms with van der Waals surface area (Å²) in [4.78, 5) is 15.3. The van der Waals surface area contributed by atoms with Crippen molar-refractivity contribution < 1.29 is 14.8 Å². The highest BCUT2D eigenvalue weighted by molar-refractivity contribution is 5.85.